The van der Waals surface area contributed by atoms with Gasteiger partial charge in [-0.1, -0.05) is 13.0 Å². The molecule has 1 aromatic heterocycles. The number of nitrogens with zero attached hydrogens (tertiary/aromatic N) is 2. The van der Waals surface area contributed by atoms with Crippen LogP contribution in [0.4, 0.5) is 5.82 Å². The van der Waals surface area contributed by atoms with Crippen molar-refractivity contribution in [2.24, 2.45) is 5.92 Å². The van der Waals surface area contributed by atoms with Crippen molar-refractivity contribution in [3.63, 3.8) is 0 Å². The van der Waals surface area contributed by atoms with Crippen LogP contribution in [0, 0.1) is 5.92 Å². The number of rotatable bonds is 2. The van der Waals surface area contributed by atoms with Gasteiger partial charge in [-0.05, 0) is 38.7 Å². The fourth-order valence-electron chi connectivity index (χ4n) is 2.61. The number of hydrogen-bond acceptors (Lipinski definition) is 3. The Morgan fingerprint density at radius 1 is 1.47 bits per heavy atom. The van der Waals surface area contributed by atoms with Crippen LogP contribution < -0.4 is 4.90 Å². The standard InChI is InChI=1S/C14H22N2O/c1-10-6-5-9-16(11(10)2)14-13(12(3)17)7-4-8-15-14/h4,7-8,10-12,17H,5-6,9H2,1-3H3/t10?,11?,12-/m1/s1. The first-order valence-corrected chi connectivity index (χ1v) is 6.51. The van der Waals surface area contributed by atoms with E-state index in [0.29, 0.717) is 12.0 Å². The molecule has 0 aliphatic carbocycles. The van der Waals surface area contributed by atoms with Crippen LogP contribution in [0.3, 0.4) is 0 Å². The fraction of sp³-hybridized carbons (Fsp3) is 0.643. The van der Waals surface area contributed by atoms with Crippen molar-refractivity contribution in [2.75, 3.05) is 11.4 Å². The molecule has 1 aliphatic rings. The molecule has 0 aromatic carbocycles. The van der Waals surface area contributed by atoms with Gasteiger partial charge in [-0.3, -0.25) is 0 Å². The Labute approximate surface area is 103 Å². The van der Waals surface area contributed by atoms with Gasteiger partial charge in [0.2, 0.25) is 0 Å². The minimum Gasteiger partial charge on any atom is -0.389 e. The van der Waals surface area contributed by atoms with E-state index in [1.165, 1.54) is 12.8 Å². The predicted octanol–water partition coefficient (Wildman–Crippen LogP) is 2.76. The third-order valence-corrected chi connectivity index (χ3v) is 3.91. The van der Waals surface area contributed by atoms with Gasteiger partial charge in [0.25, 0.3) is 0 Å². The SMILES string of the molecule is CC1CCCN(c2ncccc2[C@@H](C)O)C1C. The van der Waals surface area contributed by atoms with Crippen molar-refractivity contribution in [1.29, 1.82) is 0 Å². The normalized spacial score (nSPS) is 26.9. The van der Waals surface area contributed by atoms with Gasteiger partial charge in [0, 0.05) is 24.3 Å². The Morgan fingerprint density at radius 2 is 2.24 bits per heavy atom. The van der Waals surface area contributed by atoms with E-state index in [1.807, 2.05) is 18.3 Å². The summed E-state index contributed by atoms with van der Waals surface area (Å²) in [6.45, 7) is 7.40. The maximum absolute atomic E-state index is 9.82. The molecule has 1 N–H and O–H groups in total. The van der Waals surface area contributed by atoms with Gasteiger partial charge in [-0.25, -0.2) is 4.98 Å². The smallest absolute Gasteiger partial charge is 0.134 e. The van der Waals surface area contributed by atoms with E-state index in [1.54, 1.807) is 6.92 Å². The lowest BCUT2D eigenvalue weighted by molar-refractivity contribution is 0.198. The minimum absolute atomic E-state index is 0.455. The monoisotopic (exact) mass is 234 g/mol. The first kappa shape index (κ1) is 12.4. The Kier molecular flexibility index (Phi) is 3.67. The number of aromatic nitrogens is 1. The zero-order valence-electron chi connectivity index (χ0n) is 10.9. The van der Waals surface area contributed by atoms with Gasteiger partial charge in [-0.15, -0.1) is 0 Å². The summed E-state index contributed by atoms with van der Waals surface area (Å²) in [6.07, 6.45) is 3.85. The van der Waals surface area contributed by atoms with Gasteiger partial charge in [-0.2, -0.15) is 0 Å². The number of hydrogen-bond donors (Lipinski definition) is 1. The molecule has 94 valence electrons. The average Bonchev–Trinajstić information content (AvgIpc) is 2.33. The highest BCUT2D eigenvalue weighted by molar-refractivity contribution is 5.49. The molecular weight excluding hydrogens is 212 g/mol. The average molecular weight is 234 g/mol. The molecule has 0 amide bonds. The summed E-state index contributed by atoms with van der Waals surface area (Å²) in [7, 11) is 0. The molecule has 0 bridgehead atoms. The lowest BCUT2D eigenvalue weighted by Gasteiger charge is -2.39. The number of aliphatic hydroxyl groups excluding tert-OH is 1. The van der Waals surface area contributed by atoms with Crippen LogP contribution in [0.2, 0.25) is 0 Å². The Morgan fingerprint density at radius 3 is 2.94 bits per heavy atom. The molecule has 1 aliphatic heterocycles. The summed E-state index contributed by atoms with van der Waals surface area (Å²) in [5.74, 6) is 1.65. The summed E-state index contributed by atoms with van der Waals surface area (Å²) in [5, 5.41) is 9.82. The number of anilines is 1. The van der Waals surface area contributed by atoms with Crippen molar-refractivity contribution in [2.45, 2.75) is 45.8 Å². The van der Waals surface area contributed by atoms with Crippen LogP contribution in [0.25, 0.3) is 0 Å². The number of aliphatic hydroxyl groups is 1. The van der Waals surface area contributed by atoms with E-state index in [0.717, 1.165) is 17.9 Å². The molecule has 2 rings (SSSR count). The highest BCUT2D eigenvalue weighted by Crippen LogP contribution is 2.31. The highest BCUT2D eigenvalue weighted by atomic mass is 16.3. The second-order valence-electron chi connectivity index (χ2n) is 5.15. The van der Waals surface area contributed by atoms with E-state index < -0.39 is 6.10 Å². The molecule has 0 saturated carbocycles. The van der Waals surface area contributed by atoms with Gasteiger partial charge >= 0.3 is 0 Å². The van der Waals surface area contributed by atoms with Crippen LogP contribution in [-0.2, 0) is 0 Å². The van der Waals surface area contributed by atoms with Crippen molar-refractivity contribution in [3.8, 4) is 0 Å². The van der Waals surface area contributed by atoms with Crippen LogP contribution in [0.15, 0.2) is 18.3 Å². The Balaban J connectivity index is 2.32. The van der Waals surface area contributed by atoms with E-state index in [2.05, 4.69) is 23.7 Å². The maximum Gasteiger partial charge on any atom is 0.134 e. The molecule has 2 unspecified atom stereocenters. The van der Waals surface area contributed by atoms with Crippen LogP contribution in [-0.4, -0.2) is 22.7 Å². The maximum atomic E-state index is 9.82. The van der Waals surface area contributed by atoms with E-state index >= 15 is 0 Å². The largest absolute Gasteiger partial charge is 0.389 e. The first-order chi connectivity index (χ1) is 8.11. The summed E-state index contributed by atoms with van der Waals surface area (Å²) < 4.78 is 0. The van der Waals surface area contributed by atoms with Gasteiger partial charge in [0.1, 0.15) is 5.82 Å². The van der Waals surface area contributed by atoms with E-state index in [4.69, 9.17) is 0 Å². The summed E-state index contributed by atoms with van der Waals surface area (Å²) in [6, 6.07) is 4.36. The first-order valence-electron chi connectivity index (χ1n) is 6.51. The van der Waals surface area contributed by atoms with Crippen LogP contribution >= 0.6 is 0 Å². The molecule has 1 saturated heterocycles. The van der Waals surface area contributed by atoms with Crippen molar-refractivity contribution in [1.82, 2.24) is 4.98 Å². The van der Waals surface area contributed by atoms with E-state index in [9.17, 15) is 5.11 Å². The molecule has 0 radical (unpaired) electrons. The molecule has 2 heterocycles. The Hall–Kier alpha value is -1.09. The molecule has 3 heteroatoms. The number of piperidine rings is 1. The number of pyridine rings is 1. The molecule has 0 spiro atoms. The summed E-state index contributed by atoms with van der Waals surface area (Å²) >= 11 is 0. The van der Waals surface area contributed by atoms with Crippen LogP contribution in [0.1, 0.15) is 45.3 Å². The molecule has 1 aromatic rings. The Bertz CT molecular complexity index is 378. The molecule has 17 heavy (non-hydrogen) atoms. The van der Waals surface area contributed by atoms with Gasteiger partial charge in [0.15, 0.2) is 0 Å². The predicted molar refractivity (Wildman–Crippen MR) is 70.1 cm³/mol. The molecule has 3 atom stereocenters. The van der Waals surface area contributed by atoms with Gasteiger partial charge < -0.3 is 10.0 Å². The zero-order valence-corrected chi connectivity index (χ0v) is 10.9. The second kappa shape index (κ2) is 5.05. The van der Waals surface area contributed by atoms with Crippen molar-refractivity contribution in [3.05, 3.63) is 23.9 Å². The topological polar surface area (TPSA) is 36.4 Å². The fourth-order valence-corrected chi connectivity index (χ4v) is 2.61. The quantitative estimate of drug-likeness (QED) is 0.854. The third kappa shape index (κ3) is 2.44. The summed E-state index contributed by atoms with van der Waals surface area (Å²) in [5.41, 5.74) is 0.938. The van der Waals surface area contributed by atoms with Crippen molar-refractivity contribution >= 4 is 5.82 Å². The lowest BCUT2D eigenvalue weighted by Crippen LogP contribution is -2.43. The molecular formula is C14H22N2O. The van der Waals surface area contributed by atoms with E-state index in [-0.39, 0.29) is 0 Å². The third-order valence-electron chi connectivity index (χ3n) is 3.91. The lowest BCUT2D eigenvalue weighted by atomic mass is 9.91. The minimum atomic E-state index is -0.455. The van der Waals surface area contributed by atoms with Gasteiger partial charge in [0.05, 0.1) is 6.10 Å². The molecule has 1 fully saturated rings. The molecule has 3 nitrogen and oxygen atoms in total. The highest BCUT2D eigenvalue weighted by Gasteiger charge is 2.27. The second-order valence-corrected chi connectivity index (χ2v) is 5.15. The van der Waals surface area contributed by atoms with Crippen molar-refractivity contribution < 1.29 is 5.11 Å². The summed E-state index contributed by atoms with van der Waals surface area (Å²) in [4.78, 5) is 6.82. The van der Waals surface area contributed by atoms with Crippen LogP contribution in [0.5, 0.6) is 0 Å². The zero-order chi connectivity index (χ0) is 12.4.